The van der Waals surface area contributed by atoms with Crippen molar-refractivity contribution in [3.63, 3.8) is 0 Å². The Hall–Kier alpha value is -3.40. The molecule has 1 amide bonds. The summed E-state index contributed by atoms with van der Waals surface area (Å²) in [6.45, 7) is 1.95. The van der Waals surface area contributed by atoms with E-state index < -0.39 is 0 Å². The smallest absolute Gasteiger partial charge is 0.252 e. The van der Waals surface area contributed by atoms with Crippen molar-refractivity contribution in [2.24, 2.45) is 7.05 Å². The van der Waals surface area contributed by atoms with Gasteiger partial charge in [-0.25, -0.2) is 4.98 Å². The molecule has 3 aromatic carbocycles. The van der Waals surface area contributed by atoms with Crippen molar-refractivity contribution in [1.82, 2.24) is 14.9 Å². The van der Waals surface area contributed by atoms with E-state index in [1.807, 2.05) is 74.6 Å². The number of fused-ring (bicyclic) bond motifs is 1. The van der Waals surface area contributed by atoms with E-state index in [4.69, 9.17) is 4.98 Å². The Morgan fingerprint density at radius 1 is 0.964 bits per heavy atom. The van der Waals surface area contributed by atoms with Gasteiger partial charge >= 0.3 is 0 Å². The molecule has 0 saturated heterocycles. The minimum atomic E-state index is -0.230. The van der Waals surface area contributed by atoms with Crippen molar-refractivity contribution in [3.05, 3.63) is 101 Å². The quantitative estimate of drug-likeness (QED) is 0.559. The molecule has 1 heterocycles. The molecule has 1 N–H and O–H groups in total. The van der Waals surface area contributed by atoms with Gasteiger partial charge in [0.1, 0.15) is 5.82 Å². The third-order valence-electron chi connectivity index (χ3n) is 5.11. The maximum atomic E-state index is 13.0. The summed E-state index contributed by atoms with van der Waals surface area (Å²) in [7, 11) is 2.00. The van der Waals surface area contributed by atoms with Gasteiger partial charge in [0.25, 0.3) is 5.91 Å². The largest absolute Gasteiger partial charge is 0.342 e. The number of para-hydroxylation sites is 2. The van der Waals surface area contributed by atoms with E-state index in [1.165, 1.54) is 0 Å². The van der Waals surface area contributed by atoms with Gasteiger partial charge in [-0.05, 0) is 42.7 Å². The second-order valence-electron chi connectivity index (χ2n) is 7.05. The number of carbonyl (C=O) groups is 1. The van der Waals surface area contributed by atoms with Gasteiger partial charge in [-0.15, -0.1) is 0 Å². The third-order valence-corrected chi connectivity index (χ3v) is 5.11. The van der Waals surface area contributed by atoms with Crippen LogP contribution in [-0.2, 0) is 13.5 Å². The number of nitrogens with one attached hydrogen (secondary N) is 1. The zero-order chi connectivity index (χ0) is 19.5. The second-order valence-corrected chi connectivity index (χ2v) is 7.05. The third kappa shape index (κ3) is 3.54. The molecule has 1 atom stereocenters. The standard InChI is InChI=1S/C24H23N3O/c1-17-10-6-7-13-19(17)24(28)26-21(16-18-11-4-3-5-12-18)23-25-20-14-8-9-15-22(20)27(23)2/h3-15,21H,16H2,1-2H3,(H,26,28)/t21-/m1/s1. The Morgan fingerprint density at radius 3 is 2.39 bits per heavy atom. The minimum absolute atomic E-state index is 0.0777. The fourth-order valence-electron chi connectivity index (χ4n) is 3.60. The molecule has 28 heavy (non-hydrogen) atoms. The average Bonchev–Trinajstić information content (AvgIpc) is 3.05. The van der Waals surface area contributed by atoms with Crippen molar-refractivity contribution in [1.29, 1.82) is 0 Å². The molecule has 0 aliphatic rings. The van der Waals surface area contributed by atoms with Crippen molar-refractivity contribution in [2.45, 2.75) is 19.4 Å². The molecule has 0 unspecified atom stereocenters. The Labute approximate surface area is 164 Å². The molecule has 4 rings (SSSR count). The first-order valence-corrected chi connectivity index (χ1v) is 9.45. The Morgan fingerprint density at radius 2 is 1.64 bits per heavy atom. The maximum Gasteiger partial charge on any atom is 0.252 e. The maximum absolute atomic E-state index is 13.0. The van der Waals surface area contributed by atoms with E-state index in [1.54, 1.807) is 0 Å². The van der Waals surface area contributed by atoms with Gasteiger partial charge in [0.15, 0.2) is 0 Å². The van der Waals surface area contributed by atoms with E-state index in [0.717, 1.165) is 28.0 Å². The van der Waals surface area contributed by atoms with Crippen molar-refractivity contribution in [3.8, 4) is 0 Å². The molecule has 140 valence electrons. The van der Waals surface area contributed by atoms with Gasteiger partial charge in [-0.2, -0.15) is 0 Å². The summed E-state index contributed by atoms with van der Waals surface area (Å²) in [5.74, 6) is 0.776. The number of nitrogens with zero attached hydrogens (tertiary/aromatic N) is 2. The first-order valence-electron chi connectivity index (χ1n) is 9.45. The number of hydrogen-bond donors (Lipinski definition) is 1. The number of imidazole rings is 1. The molecule has 0 radical (unpaired) electrons. The molecule has 0 fully saturated rings. The minimum Gasteiger partial charge on any atom is -0.342 e. The van der Waals surface area contributed by atoms with E-state index >= 15 is 0 Å². The van der Waals surface area contributed by atoms with Crippen LogP contribution in [0.5, 0.6) is 0 Å². The lowest BCUT2D eigenvalue weighted by molar-refractivity contribution is 0.0933. The van der Waals surface area contributed by atoms with Crippen LogP contribution in [0.3, 0.4) is 0 Å². The first kappa shape index (κ1) is 18.0. The average molecular weight is 369 g/mol. The van der Waals surface area contributed by atoms with Gasteiger partial charge < -0.3 is 9.88 Å². The zero-order valence-electron chi connectivity index (χ0n) is 16.1. The summed E-state index contributed by atoms with van der Waals surface area (Å²) in [5, 5.41) is 3.22. The first-order chi connectivity index (χ1) is 13.6. The number of amides is 1. The highest BCUT2D eigenvalue weighted by Crippen LogP contribution is 2.23. The van der Waals surface area contributed by atoms with Crippen LogP contribution >= 0.6 is 0 Å². The molecule has 0 aliphatic carbocycles. The lowest BCUT2D eigenvalue weighted by Gasteiger charge is -2.19. The van der Waals surface area contributed by atoms with Crippen LogP contribution < -0.4 is 5.32 Å². The number of hydrogen-bond acceptors (Lipinski definition) is 2. The summed E-state index contributed by atoms with van der Waals surface area (Å²) in [5.41, 5.74) is 4.80. The van der Waals surface area contributed by atoms with Crippen LogP contribution in [0.4, 0.5) is 0 Å². The number of rotatable bonds is 5. The molecular weight excluding hydrogens is 346 g/mol. The second kappa shape index (κ2) is 7.69. The number of aromatic nitrogens is 2. The van der Waals surface area contributed by atoms with Crippen molar-refractivity contribution >= 4 is 16.9 Å². The predicted octanol–water partition coefficient (Wildman–Crippen LogP) is 4.60. The Balaban J connectivity index is 1.72. The number of benzene rings is 3. The van der Waals surface area contributed by atoms with Crippen LogP contribution in [0.2, 0.25) is 0 Å². The lowest BCUT2D eigenvalue weighted by Crippen LogP contribution is -2.32. The lowest BCUT2D eigenvalue weighted by atomic mass is 10.0. The summed E-state index contributed by atoms with van der Waals surface area (Å²) in [6, 6.07) is 25.7. The van der Waals surface area contributed by atoms with Gasteiger partial charge in [-0.1, -0.05) is 60.7 Å². The van der Waals surface area contributed by atoms with Gasteiger partial charge in [0.05, 0.1) is 17.1 Å². The Bertz CT molecular complexity index is 1120. The number of aryl methyl sites for hydroxylation is 2. The highest BCUT2D eigenvalue weighted by atomic mass is 16.1. The number of carbonyl (C=O) groups excluding carboxylic acids is 1. The van der Waals surface area contributed by atoms with Crippen LogP contribution in [0.1, 0.15) is 33.4 Å². The topological polar surface area (TPSA) is 46.9 Å². The fraction of sp³-hybridized carbons (Fsp3) is 0.167. The fourth-order valence-corrected chi connectivity index (χ4v) is 3.60. The van der Waals surface area contributed by atoms with Gasteiger partial charge in [-0.3, -0.25) is 4.79 Å². The van der Waals surface area contributed by atoms with Crippen LogP contribution in [0, 0.1) is 6.92 Å². The highest BCUT2D eigenvalue weighted by molar-refractivity contribution is 5.95. The summed E-state index contributed by atoms with van der Waals surface area (Å²) >= 11 is 0. The summed E-state index contributed by atoms with van der Waals surface area (Å²) in [6.07, 6.45) is 0.676. The van der Waals surface area contributed by atoms with Gasteiger partial charge in [0.2, 0.25) is 0 Å². The van der Waals surface area contributed by atoms with Crippen molar-refractivity contribution in [2.75, 3.05) is 0 Å². The summed E-state index contributed by atoms with van der Waals surface area (Å²) < 4.78 is 2.07. The van der Waals surface area contributed by atoms with Gasteiger partial charge in [0, 0.05) is 12.6 Å². The normalized spacial score (nSPS) is 12.1. The van der Waals surface area contributed by atoms with E-state index in [2.05, 4.69) is 28.1 Å². The molecule has 4 aromatic rings. The summed E-state index contributed by atoms with van der Waals surface area (Å²) in [4.78, 5) is 17.8. The zero-order valence-corrected chi connectivity index (χ0v) is 16.1. The molecule has 0 bridgehead atoms. The van der Waals surface area contributed by atoms with Crippen LogP contribution in [0.25, 0.3) is 11.0 Å². The molecule has 0 aliphatic heterocycles. The molecule has 1 aromatic heterocycles. The predicted molar refractivity (Wildman–Crippen MR) is 112 cm³/mol. The SMILES string of the molecule is Cc1ccccc1C(=O)N[C@H](Cc1ccccc1)c1nc2ccccc2n1C. The van der Waals surface area contributed by atoms with Crippen LogP contribution in [-0.4, -0.2) is 15.5 Å². The molecular formula is C24H23N3O. The Kier molecular flexibility index (Phi) is 4.94. The van der Waals surface area contributed by atoms with Crippen LogP contribution in [0.15, 0.2) is 78.9 Å². The monoisotopic (exact) mass is 369 g/mol. The van der Waals surface area contributed by atoms with E-state index in [0.29, 0.717) is 12.0 Å². The molecule has 4 heteroatoms. The van der Waals surface area contributed by atoms with Crippen molar-refractivity contribution < 1.29 is 4.79 Å². The molecule has 0 spiro atoms. The molecule has 0 saturated carbocycles. The molecule has 4 nitrogen and oxygen atoms in total. The van der Waals surface area contributed by atoms with E-state index in [-0.39, 0.29) is 11.9 Å². The highest BCUT2D eigenvalue weighted by Gasteiger charge is 2.22. The van der Waals surface area contributed by atoms with E-state index in [9.17, 15) is 4.79 Å².